The molecule has 2 aromatic carbocycles. The molecule has 0 aliphatic rings. The highest BCUT2D eigenvalue weighted by Gasteiger charge is 2.24. The maximum atomic E-state index is 12.9. The topological polar surface area (TPSA) is 73.1 Å². The van der Waals surface area contributed by atoms with Crippen molar-refractivity contribution in [1.29, 1.82) is 5.26 Å². The third-order valence-electron chi connectivity index (χ3n) is 3.34. The summed E-state index contributed by atoms with van der Waals surface area (Å²) in [5.41, 5.74) is 0.0634. The SMILES string of the molecule is CC(O)(CNC(=O)c1ccc(C#N)cc1)c1ccc(F)cc1. The molecule has 0 saturated heterocycles. The van der Waals surface area contributed by atoms with Crippen LogP contribution in [0.1, 0.15) is 28.4 Å². The van der Waals surface area contributed by atoms with Crippen LogP contribution in [0.25, 0.3) is 0 Å². The summed E-state index contributed by atoms with van der Waals surface area (Å²) in [6.45, 7) is 1.52. The van der Waals surface area contributed by atoms with Crippen molar-refractivity contribution in [2.75, 3.05) is 6.54 Å². The number of hydrogen-bond acceptors (Lipinski definition) is 3. The van der Waals surface area contributed by atoms with Gasteiger partial charge in [-0.15, -0.1) is 0 Å². The third-order valence-corrected chi connectivity index (χ3v) is 3.34. The van der Waals surface area contributed by atoms with E-state index in [9.17, 15) is 14.3 Å². The smallest absolute Gasteiger partial charge is 0.251 e. The van der Waals surface area contributed by atoms with Crippen LogP contribution in [0.5, 0.6) is 0 Å². The Morgan fingerprint density at radius 3 is 2.36 bits per heavy atom. The largest absolute Gasteiger partial charge is 0.384 e. The van der Waals surface area contributed by atoms with E-state index in [1.165, 1.54) is 24.3 Å². The summed E-state index contributed by atoms with van der Waals surface area (Å²) in [5, 5.41) is 21.7. The summed E-state index contributed by atoms with van der Waals surface area (Å²) >= 11 is 0. The maximum Gasteiger partial charge on any atom is 0.251 e. The molecular weight excluding hydrogens is 283 g/mol. The van der Waals surface area contributed by atoms with Crippen LogP contribution in [0, 0.1) is 17.1 Å². The number of nitrogens with zero attached hydrogens (tertiary/aromatic N) is 1. The van der Waals surface area contributed by atoms with Gasteiger partial charge < -0.3 is 10.4 Å². The first-order valence-electron chi connectivity index (χ1n) is 6.69. The van der Waals surface area contributed by atoms with Gasteiger partial charge in [-0.2, -0.15) is 5.26 Å². The van der Waals surface area contributed by atoms with Gasteiger partial charge in [0.2, 0.25) is 0 Å². The molecule has 0 heterocycles. The average Bonchev–Trinajstić information content (AvgIpc) is 2.53. The summed E-state index contributed by atoms with van der Waals surface area (Å²) in [5.74, 6) is -0.743. The molecule has 1 unspecified atom stereocenters. The molecule has 0 saturated carbocycles. The Bertz CT molecular complexity index is 701. The van der Waals surface area contributed by atoms with E-state index in [4.69, 9.17) is 5.26 Å². The van der Waals surface area contributed by atoms with E-state index < -0.39 is 5.60 Å². The Morgan fingerprint density at radius 2 is 1.82 bits per heavy atom. The van der Waals surface area contributed by atoms with Gasteiger partial charge in [0, 0.05) is 5.56 Å². The molecule has 2 aromatic rings. The lowest BCUT2D eigenvalue weighted by atomic mass is 9.96. The van der Waals surface area contributed by atoms with Gasteiger partial charge in [-0.05, 0) is 48.9 Å². The maximum absolute atomic E-state index is 12.9. The van der Waals surface area contributed by atoms with Gasteiger partial charge in [0.1, 0.15) is 11.4 Å². The lowest BCUT2D eigenvalue weighted by Gasteiger charge is -2.24. The molecule has 0 aromatic heterocycles. The van der Waals surface area contributed by atoms with Crippen LogP contribution in [-0.2, 0) is 5.60 Å². The Hall–Kier alpha value is -2.71. The molecule has 0 radical (unpaired) electrons. The fourth-order valence-corrected chi connectivity index (χ4v) is 1.96. The highest BCUT2D eigenvalue weighted by molar-refractivity contribution is 5.94. The van der Waals surface area contributed by atoms with E-state index in [-0.39, 0.29) is 18.3 Å². The highest BCUT2D eigenvalue weighted by atomic mass is 19.1. The molecule has 1 atom stereocenters. The number of rotatable bonds is 4. The lowest BCUT2D eigenvalue weighted by Crippen LogP contribution is -2.38. The molecule has 0 bridgehead atoms. The minimum absolute atomic E-state index is 0.0164. The molecular formula is C17H15FN2O2. The van der Waals surface area contributed by atoms with E-state index in [0.29, 0.717) is 16.7 Å². The lowest BCUT2D eigenvalue weighted by molar-refractivity contribution is 0.0526. The molecule has 2 N–H and O–H groups in total. The zero-order chi connectivity index (χ0) is 16.2. The average molecular weight is 298 g/mol. The molecule has 1 amide bonds. The standard InChI is InChI=1S/C17H15FN2O2/c1-17(22,14-6-8-15(18)9-7-14)11-20-16(21)13-4-2-12(10-19)3-5-13/h2-9,22H,11H2,1H3,(H,20,21). The molecule has 22 heavy (non-hydrogen) atoms. The van der Waals surface area contributed by atoms with E-state index in [1.807, 2.05) is 6.07 Å². The van der Waals surface area contributed by atoms with Gasteiger partial charge in [0.25, 0.3) is 5.91 Å². The minimum atomic E-state index is -1.31. The zero-order valence-corrected chi connectivity index (χ0v) is 12.0. The molecule has 0 fully saturated rings. The number of nitriles is 1. The van der Waals surface area contributed by atoms with Crippen LogP contribution < -0.4 is 5.32 Å². The number of nitrogens with one attached hydrogen (secondary N) is 1. The number of amides is 1. The van der Waals surface area contributed by atoms with Crippen molar-refractivity contribution >= 4 is 5.91 Å². The first-order valence-corrected chi connectivity index (χ1v) is 6.69. The van der Waals surface area contributed by atoms with Gasteiger partial charge in [0.05, 0.1) is 18.2 Å². The second-order valence-corrected chi connectivity index (χ2v) is 5.15. The van der Waals surface area contributed by atoms with Crippen LogP contribution in [0.2, 0.25) is 0 Å². The summed E-state index contributed by atoms with van der Waals surface area (Å²) < 4.78 is 12.9. The van der Waals surface area contributed by atoms with Crippen LogP contribution in [0.15, 0.2) is 48.5 Å². The van der Waals surface area contributed by atoms with E-state index in [1.54, 1.807) is 31.2 Å². The molecule has 2 rings (SSSR count). The van der Waals surface area contributed by atoms with Gasteiger partial charge in [-0.3, -0.25) is 4.79 Å². The van der Waals surface area contributed by atoms with Gasteiger partial charge in [-0.25, -0.2) is 4.39 Å². The Kier molecular flexibility index (Phi) is 4.54. The Balaban J connectivity index is 2.03. The summed E-state index contributed by atoms with van der Waals surface area (Å²) in [4.78, 5) is 12.0. The fraction of sp³-hybridized carbons (Fsp3) is 0.176. The number of hydrogen-bond donors (Lipinski definition) is 2. The van der Waals surface area contributed by atoms with Crippen molar-refractivity contribution in [2.24, 2.45) is 0 Å². The van der Waals surface area contributed by atoms with Gasteiger partial charge >= 0.3 is 0 Å². The van der Waals surface area contributed by atoms with Crippen molar-refractivity contribution in [3.63, 3.8) is 0 Å². The Morgan fingerprint density at radius 1 is 1.23 bits per heavy atom. The fourth-order valence-electron chi connectivity index (χ4n) is 1.96. The van der Waals surface area contributed by atoms with Crippen LogP contribution in [-0.4, -0.2) is 17.6 Å². The predicted molar refractivity (Wildman–Crippen MR) is 79.5 cm³/mol. The van der Waals surface area contributed by atoms with Gasteiger partial charge in [0.15, 0.2) is 0 Å². The molecule has 112 valence electrons. The first-order chi connectivity index (χ1) is 10.4. The normalized spacial score (nSPS) is 13.0. The molecule has 0 aliphatic heterocycles. The summed E-state index contributed by atoms with van der Waals surface area (Å²) in [7, 11) is 0. The minimum Gasteiger partial charge on any atom is -0.384 e. The monoisotopic (exact) mass is 298 g/mol. The highest BCUT2D eigenvalue weighted by Crippen LogP contribution is 2.20. The van der Waals surface area contributed by atoms with E-state index in [2.05, 4.69) is 5.32 Å². The van der Waals surface area contributed by atoms with Crippen LogP contribution in [0.4, 0.5) is 4.39 Å². The molecule has 0 aliphatic carbocycles. The predicted octanol–water partition coefficient (Wildman–Crippen LogP) is 2.33. The Labute approximate surface area is 127 Å². The quantitative estimate of drug-likeness (QED) is 0.910. The second kappa shape index (κ2) is 6.37. The third kappa shape index (κ3) is 3.68. The first kappa shape index (κ1) is 15.7. The number of halogens is 1. The molecule has 0 spiro atoms. The number of carbonyl (C=O) groups is 1. The van der Waals surface area contributed by atoms with E-state index in [0.717, 1.165) is 0 Å². The van der Waals surface area contributed by atoms with Gasteiger partial charge in [-0.1, -0.05) is 12.1 Å². The molecule has 5 heteroatoms. The second-order valence-electron chi connectivity index (χ2n) is 5.15. The van der Waals surface area contributed by atoms with Crippen molar-refractivity contribution in [3.05, 3.63) is 71.0 Å². The van der Waals surface area contributed by atoms with E-state index >= 15 is 0 Å². The van der Waals surface area contributed by atoms with Crippen molar-refractivity contribution < 1.29 is 14.3 Å². The zero-order valence-electron chi connectivity index (χ0n) is 12.0. The van der Waals surface area contributed by atoms with Crippen molar-refractivity contribution in [3.8, 4) is 6.07 Å². The van der Waals surface area contributed by atoms with Crippen LogP contribution >= 0.6 is 0 Å². The number of aliphatic hydroxyl groups is 1. The molecule has 4 nitrogen and oxygen atoms in total. The van der Waals surface area contributed by atoms with Crippen molar-refractivity contribution in [1.82, 2.24) is 5.32 Å². The van der Waals surface area contributed by atoms with Crippen molar-refractivity contribution in [2.45, 2.75) is 12.5 Å². The summed E-state index contributed by atoms with van der Waals surface area (Å²) in [6, 6.07) is 13.6. The number of benzene rings is 2. The summed E-state index contributed by atoms with van der Waals surface area (Å²) in [6.07, 6.45) is 0. The van der Waals surface area contributed by atoms with Crippen LogP contribution in [0.3, 0.4) is 0 Å². The number of carbonyl (C=O) groups excluding carboxylic acids is 1.